The average molecular weight is 303 g/mol. The van der Waals surface area contributed by atoms with E-state index in [-0.39, 0.29) is 12.5 Å². The quantitative estimate of drug-likeness (QED) is 0.808. The zero-order valence-corrected chi connectivity index (χ0v) is 13.5. The van der Waals surface area contributed by atoms with E-state index < -0.39 is 0 Å². The van der Waals surface area contributed by atoms with Gasteiger partial charge in [0.25, 0.3) is 0 Å². The highest BCUT2D eigenvalue weighted by atomic mass is 35.5. The first-order chi connectivity index (χ1) is 10.1. The molecule has 1 atom stereocenters. The van der Waals surface area contributed by atoms with Crippen molar-refractivity contribution in [2.75, 3.05) is 6.61 Å². The summed E-state index contributed by atoms with van der Waals surface area (Å²) in [5.41, 5.74) is 3.86. The number of hydrogen-bond acceptors (Lipinski definition) is 1. The molecule has 0 saturated carbocycles. The summed E-state index contributed by atoms with van der Waals surface area (Å²) in [5, 5.41) is 10.4. The minimum atomic E-state index is 0.203. The van der Waals surface area contributed by atoms with E-state index >= 15 is 0 Å². The van der Waals surface area contributed by atoms with Gasteiger partial charge in [-0.15, -0.1) is 0 Å². The summed E-state index contributed by atoms with van der Waals surface area (Å²) in [6, 6.07) is 16.6. The Kier molecular flexibility index (Phi) is 5.84. The van der Waals surface area contributed by atoms with E-state index in [0.717, 1.165) is 17.9 Å². The third-order valence-corrected chi connectivity index (χ3v) is 4.12. The summed E-state index contributed by atoms with van der Waals surface area (Å²) in [5.74, 6) is 0.804. The van der Waals surface area contributed by atoms with E-state index in [0.29, 0.717) is 5.92 Å². The number of aliphatic hydroxyl groups is 1. The van der Waals surface area contributed by atoms with Gasteiger partial charge in [0.05, 0.1) is 0 Å². The molecular weight excluding hydrogens is 280 g/mol. The maximum absolute atomic E-state index is 9.62. The predicted molar refractivity (Wildman–Crippen MR) is 90.0 cm³/mol. The van der Waals surface area contributed by atoms with E-state index in [1.54, 1.807) is 0 Å². The van der Waals surface area contributed by atoms with Crippen molar-refractivity contribution in [2.24, 2.45) is 5.92 Å². The van der Waals surface area contributed by atoms with Crippen LogP contribution in [0, 0.1) is 5.92 Å². The van der Waals surface area contributed by atoms with Gasteiger partial charge in [-0.1, -0.05) is 61.8 Å². The number of rotatable bonds is 6. The van der Waals surface area contributed by atoms with Crippen LogP contribution < -0.4 is 0 Å². The molecule has 0 saturated heterocycles. The number of aliphatic hydroxyl groups excluding tert-OH is 1. The monoisotopic (exact) mass is 302 g/mol. The molecule has 0 amide bonds. The second kappa shape index (κ2) is 7.63. The Hall–Kier alpha value is -1.31. The van der Waals surface area contributed by atoms with Crippen LogP contribution in [0.4, 0.5) is 0 Å². The van der Waals surface area contributed by atoms with Crippen LogP contribution >= 0.6 is 11.6 Å². The van der Waals surface area contributed by atoms with Crippen molar-refractivity contribution in [1.82, 2.24) is 0 Å². The van der Waals surface area contributed by atoms with Crippen molar-refractivity contribution in [3.8, 4) is 0 Å². The van der Waals surface area contributed by atoms with Crippen molar-refractivity contribution in [3.63, 3.8) is 0 Å². The second-order valence-corrected chi connectivity index (χ2v) is 6.42. The first-order valence-electron chi connectivity index (χ1n) is 7.52. The van der Waals surface area contributed by atoms with Gasteiger partial charge in [-0.05, 0) is 53.5 Å². The molecule has 0 radical (unpaired) electrons. The van der Waals surface area contributed by atoms with E-state index in [9.17, 15) is 5.11 Å². The van der Waals surface area contributed by atoms with Crippen LogP contribution in [0.1, 0.15) is 36.5 Å². The number of benzene rings is 2. The Bertz CT molecular complexity index is 543. The van der Waals surface area contributed by atoms with Crippen molar-refractivity contribution in [2.45, 2.75) is 32.6 Å². The van der Waals surface area contributed by atoms with Gasteiger partial charge in [0.1, 0.15) is 0 Å². The highest BCUT2D eigenvalue weighted by molar-refractivity contribution is 6.30. The number of halogens is 1. The molecule has 0 aromatic heterocycles. The lowest BCUT2D eigenvalue weighted by molar-refractivity contribution is 0.225. The van der Waals surface area contributed by atoms with Gasteiger partial charge in [-0.25, -0.2) is 0 Å². The lowest BCUT2D eigenvalue weighted by Crippen LogP contribution is -2.13. The van der Waals surface area contributed by atoms with Gasteiger partial charge in [-0.3, -0.25) is 0 Å². The first kappa shape index (κ1) is 16.1. The average Bonchev–Trinajstić information content (AvgIpc) is 2.49. The molecule has 0 spiro atoms. The molecule has 1 nitrogen and oxygen atoms in total. The fraction of sp³-hybridized carbons (Fsp3) is 0.368. The zero-order valence-electron chi connectivity index (χ0n) is 12.7. The minimum absolute atomic E-state index is 0.203. The van der Waals surface area contributed by atoms with E-state index in [4.69, 9.17) is 11.6 Å². The normalized spacial score (nSPS) is 12.6. The van der Waals surface area contributed by atoms with Crippen molar-refractivity contribution < 1.29 is 5.11 Å². The summed E-state index contributed by atoms with van der Waals surface area (Å²) in [4.78, 5) is 0. The fourth-order valence-electron chi connectivity index (χ4n) is 2.53. The van der Waals surface area contributed by atoms with Gasteiger partial charge in [0, 0.05) is 11.6 Å². The van der Waals surface area contributed by atoms with E-state index in [1.807, 2.05) is 24.3 Å². The Morgan fingerprint density at radius 1 is 0.857 bits per heavy atom. The molecular formula is C19H23ClO. The third-order valence-electron chi connectivity index (χ3n) is 3.87. The second-order valence-electron chi connectivity index (χ2n) is 5.98. The molecule has 2 aromatic rings. The molecule has 2 aromatic carbocycles. The Labute approximate surface area is 132 Å². The maximum atomic E-state index is 9.62. The van der Waals surface area contributed by atoms with Gasteiger partial charge in [-0.2, -0.15) is 0 Å². The SMILES string of the molecule is CC(C)c1ccc(CC(CO)Cc2ccc(Cl)cc2)cc1. The summed E-state index contributed by atoms with van der Waals surface area (Å²) in [7, 11) is 0. The van der Waals surface area contributed by atoms with Crippen LogP contribution in [0.2, 0.25) is 5.02 Å². The molecule has 21 heavy (non-hydrogen) atoms. The first-order valence-corrected chi connectivity index (χ1v) is 7.90. The van der Waals surface area contributed by atoms with E-state index in [2.05, 4.69) is 38.1 Å². The lowest BCUT2D eigenvalue weighted by Gasteiger charge is -2.15. The van der Waals surface area contributed by atoms with Crippen LogP contribution in [0.3, 0.4) is 0 Å². The standard InChI is InChI=1S/C19H23ClO/c1-14(2)18-7-3-15(4-8-18)11-17(13-21)12-16-5-9-19(20)10-6-16/h3-10,14,17,21H,11-13H2,1-2H3. The Balaban J connectivity index is 1.99. The van der Waals surface area contributed by atoms with Crippen LogP contribution in [0.25, 0.3) is 0 Å². The topological polar surface area (TPSA) is 20.2 Å². The molecule has 0 fully saturated rings. The summed E-state index contributed by atoms with van der Waals surface area (Å²) >= 11 is 5.90. The maximum Gasteiger partial charge on any atom is 0.0465 e. The zero-order chi connectivity index (χ0) is 15.2. The molecule has 0 bridgehead atoms. The highest BCUT2D eigenvalue weighted by Gasteiger charge is 2.10. The molecule has 1 N–H and O–H groups in total. The predicted octanol–water partition coefficient (Wildman–Crippen LogP) is 4.86. The van der Waals surface area contributed by atoms with Gasteiger partial charge in [0.2, 0.25) is 0 Å². The Morgan fingerprint density at radius 3 is 1.76 bits per heavy atom. The van der Waals surface area contributed by atoms with Crippen molar-refractivity contribution in [3.05, 3.63) is 70.2 Å². The van der Waals surface area contributed by atoms with Crippen LogP contribution in [-0.4, -0.2) is 11.7 Å². The molecule has 2 rings (SSSR count). The molecule has 0 aliphatic carbocycles. The van der Waals surface area contributed by atoms with E-state index in [1.165, 1.54) is 16.7 Å². The highest BCUT2D eigenvalue weighted by Crippen LogP contribution is 2.19. The molecule has 1 unspecified atom stereocenters. The Morgan fingerprint density at radius 2 is 1.33 bits per heavy atom. The van der Waals surface area contributed by atoms with Crippen molar-refractivity contribution >= 4 is 11.6 Å². The van der Waals surface area contributed by atoms with Gasteiger partial charge >= 0.3 is 0 Å². The molecule has 0 aliphatic heterocycles. The summed E-state index contributed by atoms with van der Waals surface area (Å²) in [6.07, 6.45) is 1.77. The fourth-order valence-corrected chi connectivity index (χ4v) is 2.65. The smallest absolute Gasteiger partial charge is 0.0465 e. The van der Waals surface area contributed by atoms with Gasteiger partial charge < -0.3 is 5.11 Å². The van der Waals surface area contributed by atoms with Crippen LogP contribution in [0.15, 0.2) is 48.5 Å². The largest absolute Gasteiger partial charge is 0.396 e. The van der Waals surface area contributed by atoms with Crippen LogP contribution in [-0.2, 0) is 12.8 Å². The molecule has 0 aliphatic rings. The summed E-state index contributed by atoms with van der Waals surface area (Å²) in [6.45, 7) is 4.60. The lowest BCUT2D eigenvalue weighted by atomic mass is 9.92. The third kappa shape index (κ3) is 4.87. The van der Waals surface area contributed by atoms with Gasteiger partial charge in [0.15, 0.2) is 0 Å². The number of hydrogen-bond donors (Lipinski definition) is 1. The minimum Gasteiger partial charge on any atom is -0.396 e. The molecule has 0 heterocycles. The van der Waals surface area contributed by atoms with Crippen LogP contribution in [0.5, 0.6) is 0 Å². The summed E-state index contributed by atoms with van der Waals surface area (Å²) < 4.78 is 0. The molecule has 112 valence electrons. The van der Waals surface area contributed by atoms with Crippen molar-refractivity contribution in [1.29, 1.82) is 0 Å². The molecule has 2 heteroatoms.